The lowest BCUT2D eigenvalue weighted by molar-refractivity contribution is -0.120. The molecule has 5 heteroatoms. The molecule has 0 saturated heterocycles. The summed E-state index contributed by atoms with van der Waals surface area (Å²) in [4.78, 5) is 16.0. The minimum atomic E-state index is -0.0778. The topological polar surface area (TPSA) is 68.0 Å². The van der Waals surface area contributed by atoms with Crippen LogP contribution in [0.2, 0.25) is 5.15 Å². The van der Waals surface area contributed by atoms with Gasteiger partial charge in [-0.2, -0.15) is 0 Å². The van der Waals surface area contributed by atoms with Gasteiger partial charge in [0.15, 0.2) is 0 Å². The van der Waals surface area contributed by atoms with Crippen LogP contribution >= 0.6 is 11.6 Å². The third kappa shape index (κ3) is 2.76. The van der Waals surface area contributed by atoms with Gasteiger partial charge in [-0.25, -0.2) is 4.98 Å². The van der Waals surface area contributed by atoms with Crippen molar-refractivity contribution in [2.45, 2.75) is 32.2 Å². The molecule has 4 nitrogen and oxygen atoms in total. The molecule has 2 atom stereocenters. The molecule has 0 bridgehead atoms. The number of nitrogens with one attached hydrogen (secondary N) is 1. The van der Waals surface area contributed by atoms with Crippen LogP contribution in [-0.2, 0) is 4.79 Å². The number of pyridine rings is 1. The summed E-state index contributed by atoms with van der Waals surface area (Å²) in [7, 11) is 0. The molecule has 1 saturated carbocycles. The van der Waals surface area contributed by atoms with Crippen molar-refractivity contribution in [2.24, 2.45) is 11.7 Å². The number of rotatable bonds is 2. The zero-order valence-corrected chi connectivity index (χ0v) is 10.5. The lowest BCUT2D eigenvalue weighted by Gasteiger charge is -2.15. The van der Waals surface area contributed by atoms with Gasteiger partial charge in [0.05, 0.1) is 17.8 Å². The smallest absolute Gasteiger partial charge is 0.229 e. The zero-order valence-electron chi connectivity index (χ0n) is 9.74. The van der Waals surface area contributed by atoms with E-state index in [9.17, 15) is 4.79 Å². The van der Waals surface area contributed by atoms with Crippen molar-refractivity contribution in [3.05, 3.63) is 23.0 Å². The number of carbonyl (C=O) groups is 1. The SMILES string of the molecule is Cc1cc(NC(=O)C2CCCC2N)cnc1Cl. The second kappa shape index (κ2) is 5.02. The van der Waals surface area contributed by atoms with Gasteiger partial charge in [-0.15, -0.1) is 0 Å². The van der Waals surface area contributed by atoms with Crippen LogP contribution in [0.3, 0.4) is 0 Å². The Labute approximate surface area is 106 Å². The maximum absolute atomic E-state index is 12.0. The standard InChI is InChI=1S/C12H16ClN3O/c1-7-5-8(6-15-11(7)13)16-12(17)9-3-2-4-10(9)14/h5-6,9-10H,2-4,14H2,1H3,(H,16,17). The molecule has 1 aromatic heterocycles. The first-order valence-electron chi connectivity index (χ1n) is 5.76. The molecule has 0 aliphatic heterocycles. The van der Waals surface area contributed by atoms with Crippen LogP contribution in [0, 0.1) is 12.8 Å². The Morgan fingerprint density at radius 3 is 2.94 bits per heavy atom. The van der Waals surface area contributed by atoms with Crippen LogP contribution < -0.4 is 11.1 Å². The monoisotopic (exact) mass is 253 g/mol. The molecule has 1 aliphatic carbocycles. The molecule has 2 rings (SSSR count). The van der Waals surface area contributed by atoms with E-state index < -0.39 is 0 Å². The van der Waals surface area contributed by atoms with Crippen molar-refractivity contribution in [2.75, 3.05) is 5.32 Å². The third-order valence-corrected chi connectivity index (χ3v) is 3.58. The lowest BCUT2D eigenvalue weighted by atomic mass is 10.0. The van der Waals surface area contributed by atoms with Gasteiger partial charge < -0.3 is 11.1 Å². The van der Waals surface area contributed by atoms with E-state index >= 15 is 0 Å². The molecule has 0 spiro atoms. The summed E-state index contributed by atoms with van der Waals surface area (Å²) >= 11 is 5.82. The second-order valence-corrected chi connectivity index (χ2v) is 4.88. The van der Waals surface area contributed by atoms with E-state index in [1.165, 1.54) is 0 Å². The second-order valence-electron chi connectivity index (χ2n) is 4.52. The Kier molecular flexibility index (Phi) is 3.64. The molecule has 1 aliphatic rings. The number of hydrogen-bond acceptors (Lipinski definition) is 3. The molecule has 17 heavy (non-hydrogen) atoms. The Balaban J connectivity index is 2.05. The van der Waals surface area contributed by atoms with E-state index in [1.807, 2.05) is 13.0 Å². The minimum absolute atomic E-state index is 0.0153. The number of nitrogens with zero attached hydrogens (tertiary/aromatic N) is 1. The van der Waals surface area contributed by atoms with E-state index in [2.05, 4.69) is 10.3 Å². The van der Waals surface area contributed by atoms with Crippen LogP contribution in [0.5, 0.6) is 0 Å². The summed E-state index contributed by atoms with van der Waals surface area (Å²) in [5, 5.41) is 3.30. The Bertz CT molecular complexity index is 436. The summed E-state index contributed by atoms with van der Waals surface area (Å²) in [6, 6.07) is 1.80. The fraction of sp³-hybridized carbons (Fsp3) is 0.500. The Morgan fingerprint density at radius 1 is 1.59 bits per heavy atom. The maximum Gasteiger partial charge on any atom is 0.229 e. The number of halogens is 1. The fourth-order valence-electron chi connectivity index (χ4n) is 2.18. The van der Waals surface area contributed by atoms with Gasteiger partial charge in [0, 0.05) is 6.04 Å². The van der Waals surface area contributed by atoms with Crippen molar-refractivity contribution in [1.29, 1.82) is 0 Å². The van der Waals surface area contributed by atoms with Crippen molar-refractivity contribution in [1.82, 2.24) is 4.98 Å². The van der Waals surface area contributed by atoms with Gasteiger partial charge >= 0.3 is 0 Å². The molecule has 92 valence electrons. The molecule has 1 fully saturated rings. The molecule has 0 radical (unpaired) electrons. The largest absolute Gasteiger partial charge is 0.327 e. The zero-order chi connectivity index (χ0) is 12.4. The van der Waals surface area contributed by atoms with Gasteiger partial charge in [0.2, 0.25) is 5.91 Å². The summed E-state index contributed by atoms with van der Waals surface area (Å²) in [5.41, 5.74) is 7.41. The van der Waals surface area contributed by atoms with Gasteiger partial charge in [-0.05, 0) is 31.4 Å². The lowest BCUT2D eigenvalue weighted by Crippen LogP contribution is -2.34. The molecule has 3 N–H and O–H groups in total. The maximum atomic E-state index is 12.0. The van der Waals surface area contributed by atoms with Crippen molar-refractivity contribution < 1.29 is 4.79 Å². The highest BCUT2D eigenvalue weighted by molar-refractivity contribution is 6.30. The molecule has 2 unspecified atom stereocenters. The van der Waals surface area contributed by atoms with Crippen molar-refractivity contribution in [3.8, 4) is 0 Å². The van der Waals surface area contributed by atoms with Gasteiger partial charge in [-0.3, -0.25) is 4.79 Å². The van der Waals surface area contributed by atoms with E-state index in [4.69, 9.17) is 17.3 Å². The summed E-state index contributed by atoms with van der Waals surface area (Å²) in [6.45, 7) is 1.85. The quantitative estimate of drug-likeness (QED) is 0.794. The van der Waals surface area contributed by atoms with Crippen LogP contribution in [0.15, 0.2) is 12.3 Å². The van der Waals surface area contributed by atoms with Crippen molar-refractivity contribution >= 4 is 23.2 Å². The average molecular weight is 254 g/mol. The number of hydrogen-bond donors (Lipinski definition) is 2. The number of carbonyl (C=O) groups excluding carboxylic acids is 1. The first-order chi connectivity index (χ1) is 8.08. The molecular formula is C12H16ClN3O. The number of aryl methyl sites for hydroxylation is 1. The minimum Gasteiger partial charge on any atom is -0.327 e. The summed E-state index contributed by atoms with van der Waals surface area (Å²) in [5.74, 6) is -0.0930. The van der Waals surface area contributed by atoms with Crippen LogP contribution in [0.25, 0.3) is 0 Å². The molecule has 1 heterocycles. The highest BCUT2D eigenvalue weighted by Crippen LogP contribution is 2.25. The summed E-state index contributed by atoms with van der Waals surface area (Å²) in [6.07, 6.45) is 4.38. The van der Waals surface area contributed by atoms with E-state index in [1.54, 1.807) is 6.20 Å². The molecule has 1 aromatic rings. The number of nitrogens with two attached hydrogens (primary N) is 1. The first-order valence-corrected chi connectivity index (χ1v) is 6.14. The normalized spacial score (nSPS) is 23.7. The summed E-state index contributed by atoms with van der Waals surface area (Å²) < 4.78 is 0. The number of aromatic nitrogens is 1. The van der Waals surface area contributed by atoms with Crippen LogP contribution in [-0.4, -0.2) is 16.9 Å². The third-order valence-electron chi connectivity index (χ3n) is 3.19. The first kappa shape index (κ1) is 12.3. The highest BCUT2D eigenvalue weighted by atomic mass is 35.5. The van der Waals surface area contributed by atoms with E-state index in [0.29, 0.717) is 10.8 Å². The average Bonchev–Trinajstić information content (AvgIpc) is 2.70. The predicted octanol–water partition coefficient (Wildman–Crippen LogP) is 2.11. The van der Waals surface area contributed by atoms with Crippen LogP contribution in [0.4, 0.5) is 5.69 Å². The Morgan fingerprint density at radius 2 is 2.35 bits per heavy atom. The van der Waals surface area contributed by atoms with Gasteiger partial charge in [0.1, 0.15) is 5.15 Å². The van der Waals surface area contributed by atoms with Gasteiger partial charge in [0.25, 0.3) is 0 Å². The fourth-order valence-corrected chi connectivity index (χ4v) is 2.28. The predicted molar refractivity (Wildman–Crippen MR) is 67.9 cm³/mol. The Hall–Kier alpha value is -1.13. The molecule has 1 amide bonds. The van der Waals surface area contributed by atoms with Crippen LogP contribution in [0.1, 0.15) is 24.8 Å². The van der Waals surface area contributed by atoms with E-state index in [0.717, 1.165) is 24.8 Å². The van der Waals surface area contributed by atoms with Crippen molar-refractivity contribution in [3.63, 3.8) is 0 Å². The molecular weight excluding hydrogens is 238 g/mol. The van der Waals surface area contributed by atoms with E-state index in [-0.39, 0.29) is 17.9 Å². The highest BCUT2D eigenvalue weighted by Gasteiger charge is 2.30. The number of amides is 1. The number of anilines is 1. The van der Waals surface area contributed by atoms with Gasteiger partial charge in [-0.1, -0.05) is 18.0 Å². The molecule has 0 aromatic carbocycles.